The third-order valence-corrected chi connectivity index (χ3v) is 5.18. The Hall–Kier alpha value is -3.01. The molecule has 2 heterocycles. The summed E-state index contributed by atoms with van der Waals surface area (Å²) < 4.78 is 10.9. The molecule has 0 unspecified atom stereocenters. The molecular weight excluding hydrogens is 376 g/mol. The molecule has 29 heavy (non-hydrogen) atoms. The predicted octanol–water partition coefficient (Wildman–Crippen LogP) is 0.388. The highest BCUT2D eigenvalue weighted by atomic mass is 16.5. The number of methoxy groups -OCH3 is 1. The Morgan fingerprint density at radius 3 is 2.79 bits per heavy atom. The summed E-state index contributed by atoms with van der Waals surface area (Å²) in [5, 5.41) is 16.6. The maximum atomic E-state index is 12.9. The van der Waals surface area contributed by atoms with Crippen LogP contribution >= 0.6 is 0 Å². The fourth-order valence-electron chi connectivity index (χ4n) is 3.61. The number of amides is 2. The zero-order chi connectivity index (χ0) is 20.2. The van der Waals surface area contributed by atoms with Crippen LogP contribution in [0.4, 0.5) is 0 Å². The number of benzene rings is 1. The largest absolute Gasteiger partial charge is 0.497 e. The number of morpholine rings is 1. The zero-order valence-electron chi connectivity index (χ0n) is 16.2. The molecule has 2 aromatic rings. The summed E-state index contributed by atoms with van der Waals surface area (Å²) in [7, 11) is 1.60. The molecule has 0 bridgehead atoms. The molecule has 10 nitrogen and oxygen atoms in total. The summed E-state index contributed by atoms with van der Waals surface area (Å²) in [6.07, 6.45) is 2.44. The lowest BCUT2D eigenvalue weighted by Crippen LogP contribution is -2.55. The van der Waals surface area contributed by atoms with Crippen molar-refractivity contribution in [3.05, 3.63) is 35.7 Å². The number of tetrazole rings is 1. The van der Waals surface area contributed by atoms with Crippen LogP contribution in [0.3, 0.4) is 0 Å². The van der Waals surface area contributed by atoms with E-state index in [1.54, 1.807) is 7.11 Å². The molecule has 4 rings (SSSR count). The van der Waals surface area contributed by atoms with Gasteiger partial charge < -0.3 is 19.7 Å². The molecule has 10 heteroatoms. The van der Waals surface area contributed by atoms with Crippen LogP contribution in [0.2, 0.25) is 0 Å². The Balaban J connectivity index is 1.46. The minimum Gasteiger partial charge on any atom is -0.497 e. The Bertz CT molecular complexity index is 837. The molecule has 154 valence electrons. The molecule has 1 saturated carbocycles. The first-order valence-corrected chi connectivity index (χ1v) is 9.74. The molecular formula is C19H24N6O4. The Morgan fingerprint density at radius 2 is 2.14 bits per heavy atom. The quantitative estimate of drug-likeness (QED) is 0.615. The van der Waals surface area contributed by atoms with Crippen LogP contribution in [0.5, 0.6) is 5.75 Å². The van der Waals surface area contributed by atoms with E-state index >= 15 is 0 Å². The second-order valence-electron chi connectivity index (χ2n) is 7.20. The average Bonchev–Trinajstić information content (AvgIpc) is 3.45. The molecule has 1 aromatic carbocycles. The lowest BCUT2D eigenvalue weighted by Gasteiger charge is -2.40. The van der Waals surface area contributed by atoms with E-state index in [9.17, 15) is 9.59 Å². The molecule has 2 atom stereocenters. The van der Waals surface area contributed by atoms with Crippen LogP contribution in [0.1, 0.15) is 36.7 Å². The number of H-pyrrole nitrogens is 1. The maximum absolute atomic E-state index is 12.9. The van der Waals surface area contributed by atoms with E-state index in [1.165, 1.54) is 0 Å². The molecule has 1 aliphatic heterocycles. The predicted molar refractivity (Wildman–Crippen MR) is 101 cm³/mol. The van der Waals surface area contributed by atoms with Crippen molar-refractivity contribution in [1.29, 1.82) is 0 Å². The molecule has 2 N–H and O–H groups in total. The van der Waals surface area contributed by atoms with Gasteiger partial charge in [0, 0.05) is 19.0 Å². The summed E-state index contributed by atoms with van der Waals surface area (Å²) in [4.78, 5) is 27.3. The number of carbonyl (C=O) groups is 2. The van der Waals surface area contributed by atoms with E-state index in [0.717, 1.165) is 24.2 Å². The van der Waals surface area contributed by atoms with Crippen molar-refractivity contribution >= 4 is 11.8 Å². The van der Waals surface area contributed by atoms with Crippen LogP contribution in [-0.2, 0) is 20.7 Å². The summed E-state index contributed by atoms with van der Waals surface area (Å²) >= 11 is 0. The topological polar surface area (TPSA) is 122 Å². The van der Waals surface area contributed by atoms with Gasteiger partial charge in [0.1, 0.15) is 12.4 Å². The molecule has 1 aliphatic carbocycles. The van der Waals surface area contributed by atoms with Crippen molar-refractivity contribution in [2.24, 2.45) is 0 Å². The SMILES string of the molecule is COc1ccc([C@@H]2[C@@H](C(=O)NCCCc3nn[nH]n3)OCC(=O)N2C2CC2)cc1. The molecule has 2 fully saturated rings. The smallest absolute Gasteiger partial charge is 0.251 e. The molecule has 2 amide bonds. The van der Waals surface area contributed by atoms with Gasteiger partial charge in [0.25, 0.3) is 5.91 Å². The van der Waals surface area contributed by atoms with Crippen LogP contribution in [-0.4, -0.2) is 69.7 Å². The number of hydrogen-bond acceptors (Lipinski definition) is 7. The van der Waals surface area contributed by atoms with Gasteiger partial charge in [0.05, 0.1) is 13.2 Å². The van der Waals surface area contributed by atoms with Crippen molar-refractivity contribution in [2.45, 2.75) is 43.9 Å². The van der Waals surface area contributed by atoms with Crippen molar-refractivity contribution in [3.63, 3.8) is 0 Å². The third-order valence-electron chi connectivity index (χ3n) is 5.18. The van der Waals surface area contributed by atoms with Gasteiger partial charge >= 0.3 is 0 Å². The molecule has 1 aromatic heterocycles. The number of nitrogens with zero attached hydrogens (tertiary/aromatic N) is 4. The minimum absolute atomic E-state index is 0.0746. The van der Waals surface area contributed by atoms with Crippen LogP contribution in [0, 0.1) is 0 Å². The van der Waals surface area contributed by atoms with Gasteiger partial charge in [-0.05, 0) is 37.0 Å². The number of rotatable bonds is 8. The fourth-order valence-corrected chi connectivity index (χ4v) is 3.61. The van der Waals surface area contributed by atoms with Crippen LogP contribution in [0.15, 0.2) is 24.3 Å². The molecule has 0 spiro atoms. The van der Waals surface area contributed by atoms with Gasteiger partial charge in [-0.25, -0.2) is 0 Å². The zero-order valence-corrected chi connectivity index (χ0v) is 16.2. The summed E-state index contributed by atoms with van der Waals surface area (Å²) in [6.45, 7) is 0.379. The Labute approximate surface area is 167 Å². The van der Waals surface area contributed by atoms with Gasteiger partial charge in [0.15, 0.2) is 11.9 Å². The lowest BCUT2D eigenvalue weighted by atomic mass is 9.96. The monoisotopic (exact) mass is 400 g/mol. The first kappa shape index (κ1) is 19.3. The average molecular weight is 400 g/mol. The van der Waals surface area contributed by atoms with E-state index < -0.39 is 12.1 Å². The van der Waals surface area contributed by atoms with E-state index in [-0.39, 0.29) is 24.5 Å². The van der Waals surface area contributed by atoms with E-state index in [1.807, 2.05) is 29.2 Å². The lowest BCUT2D eigenvalue weighted by molar-refractivity contribution is -0.165. The van der Waals surface area contributed by atoms with Crippen LogP contribution < -0.4 is 10.1 Å². The van der Waals surface area contributed by atoms with Gasteiger partial charge in [-0.3, -0.25) is 9.59 Å². The second kappa shape index (κ2) is 8.56. The van der Waals surface area contributed by atoms with E-state index in [2.05, 4.69) is 25.9 Å². The number of nitrogens with one attached hydrogen (secondary N) is 2. The van der Waals surface area contributed by atoms with Crippen molar-refractivity contribution < 1.29 is 19.1 Å². The van der Waals surface area contributed by atoms with Crippen LogP contribution in [0.25, 0.3) is 0 Å². The van der Waals surface area contributed by atoms with Gasteiger partial charge in [-0.15, -0.1) is 10.2 Å². The molecule has 0 radical (unpaired) electrons. The number of aryl methyl sites for hydroxylation is 1. The number of aromatic amines is 1. The standard InChI is InChI=1S/C19H24N6O4/c1-28-14-8-4-12(5-9-14)17-18(29-11-16(26)25(17)13-6-7-13)19(27)20-10-2-3-15-21-23-24-22-15/h4-5,8-9,13,17-18H,2-3,6-7,10-11H2,1H3,(H,20,27)(H,21,22,23,24)/t17-,18+/m1/s1. The highest BCUT2D eigenvalue weighted by Crippen LogP contribution is 2.39. The first-order chi connectivity index (χ1) is 14.2. The Morgan fingerprint density at radius 1 is 1.34 bits per heavy atom. The van der Waals surface area contributed by atoms with E-state index in [0.29, 0.717) is 25.2 Å². The molecule has 2 aliphatic rings. The Kier molecular flexibility index (Phi) is 5.70. The summed E-state index contributed by atoms with van der Waals surface area (Å²) in [5.74, 6) is 1.03. The highest BCUT2D eigenvalue weighted by Gasteiger charge is 2.47. The maximum Gasteiger partial charge on any atom is 0.251 e. The minimum atomic E-state index is -0.758. The summed E-state index contributed by atoms with van der Waals surface area (Å²) in [6, 6.07) is 7.16. The number of ether oxygens (including phenoxy) is 2. The number of hydrogen-bond donors (Lipinski definition) is 2. The van der Waals surface area contributed by atoms with Gasteiger partial charge in [-0.1, -0.05) is 17.3 Å². The van der Waals surface area contributed by atoms with E-state index in [4.69, 9.17) is 9.47 Å². The first-order valence-electron chi connectivity index (χ1n) is 9.74. The van der Waals surface area contributed by atoms with Gasteiger partial charge in [0.2, 0.25) is 5.91 Å². The summed E-state index contributed by atoms with van der Waals surface area (Å²) in [5.41, 5.74) is 0.859. The second-order valence-corrected chi connectivity index (χ2v) is 7.20. The number of carbonyl (C=O) groups excluding carboxylic acids is 2. The van der Waals surface area contributed by atoms with Crippen molar-refractivity contribution in [1.82, 2.24) is 30.8 Å². The van der Waals surface area contributed by atoms with Gasteiger partial charge in [-0.2, -0.15) is 5.21 Å². The normalized spacial score (nSPS) is 21.8. The number of aromatic nitrogens is 4. The molecule has 1 saturated heterocycles. The van der Waals surface area contributed by atoms with Crippen molar-refractivity contribution in [2.75, 3.05) is 20.3 Å². The fraction of sp³-hybridized carbons (Fsp3) is 0.526. The third kappa shape index (κ3) is 4.37. The highest BCUT2D eigenvalue weighted by molar-refractivity contribution is 5.86. The van der Waals surface area contributed by atoms with Crippen molar-refractivity contribution in [3.8, 4) is 5.75 Å².